The van der Waals surface area contributed by atoms with Crippen molar-refractivity contribution in [3.63, 3.8) is 0 Å². The third-order valence-electron chi connectivity index (χ3n) is 4.42. The molecule has 0 unspecified atom stereocenters. The molecule has 0 spiro atoms. The van der Waals surface area contributed by atoms with Gasteiger partial charge in [-0.3, -0.25) is 4.99 Å². The fraction of sp³-hybridized carbons (Fsp3) is 0.474. The number of hydrogen-bond acceptors (Lipinski definition) is 5. The molecule has 160 valence electrons. The molecule has 29 heavy (non-hydrogen) atoms. The summed E-state index contributed by atoms with van der Waals surface area (Å²) < 4.78 is 32.4. The third-order valence-corrected chi connectivity index (χ3v) is 5.95. The van der Waals surface area contributed by atoms with E-state index in [-0.39, 0.29) is 34.9 Å². The van der Waals surface area contributed by atoms with Crippen molar-refractivity contribution in [2.75, 3.05) is 7.05 Å². The zero-order valence-electron chi connectivity index (χ0n) is 16.8. The van der Waals surface area contributed by atoms with Gasteiger partial charge in [-0.1, -0.05) is 31.1 Å². The molecule has 1 aliphatic carbocycles. The molecule has 3 N–H and O–H groups in total. The van der Waals surface area contributed by atoms with E-state index >= 15 is 0 Å². The Morgan fingerprint density at radius 1 is 1.21 bits per heavy atom. The van der Waals surface area contributed by atoms with Crippen LogP contribution in [0.5, 0.6) is 0 Å². The quantitative estimate of drug-likeness (QED) is 0.274. The van der Waals surface area contributed by atoms with E-state index in [1.807, 2.05) is 6.07 Å². The maximum atomic E-state index is 12.2. The second-order valence-electron chi connectivity index (χ2n) is 7.19. The van der Waals surface area contributed by atoms with Crippen LogP contribution in [0.3, 0.4) is 0 Å². The molecule has 1 aliphatic rings. The van der Waals surface area contributed by atoms with Gasteiger partial charge >= 0.3 is 0 Å². The van der Waals surface area contributed by atoms with Crippen LogP contribution in [-0.2, 0) is 23.1 Å². The summed E-state index contributed by atoms with van der Waals surface area (Å²) in [6, 6.07) is 8.88. The molecule has 0 saturated heterocycles. The van der Waals surface area contributed by atoms with Gasteiger partial charge in [0, 0.05) is 25.7 Å². The molecule has 0 aliphatic heterocycles. The van der Waals surface area contributed by atoms with Crippen molar-refractivity contribution >= 4 is 40.0 Å². The van der Waals surface area contributed by atoms with Gasteiger partial charge in [-0.25, -0.2) is 13.1 Å². The zero-order valence-corrected chi connectivity index (χ0v) is 20.0. The molecule has 1 saturated carbocycles. The molecule has 0 atom stereocenters. The Morgan fingerprint density at radius 3 is 2.41 bits per heavy atom. The number of sulfonamides is 1. The number of aliphatic imine (C=N–C) groups is 1. The standard InChI is InChI=1S/C19H27N5O3S.HI/c1-13(2)18-10-16(27-23-18)12-22-19(20-3)21-11-14-4-8-17(9-5-14)28(25,26)24-15-6-7-15;/h4-5,8-10,13,15,24H,6-7,11-12H2,1-3H3,(H2,20,21,22);1H. The van der Waals surface area contributed by atoms with E-state index in [4.69, 9.17) is 4.52 Å². The van der Waals surface area contributed by atoms with E-state index in [2.05, 4.69) is 39.4 Å². The summed E-state index contributed by atoms with van der Waals surface area (Å²) in [7, 11) is -1.73. The van der Waals surface area contributed by atoms with Crippen LogP contribution in [0.4, 0.5) is 0 Å². The van der Waals surface area contributed by atoms with E-state index in [1.54, 1.807) is 31.3 Å². The highest BCUT2D eigenvalue weighted by molar-refractivity contribution is 14.0. The molecule has 8 nitrogen and oxygen atoms in total. The molecule has 0 radical (unpaired) electrons. The van der Waals surface area contributed by atoms with Crippen LogP contribution < -0.4 is 15.4 Å². The van der Waals surface area contributed by atoms with Crippen molar-refractivity contribution in [1.82, 2.24) is 20.5 Å². The topological polar surface area (TPSA) is 109 Å². The highest BCUT2D eigenvalue weighted by Gasteiger charge is 2.27. The Kier molecular flexibility index (Phi) is 8.46. The first-order valence-corrected chi connectivity index (χ1v) is 10.9. The Balaban J connectivity index is 0.00000300. The largest absolute Gasteiger partial charge is 0.359 e. The van der Waals surface area contributed by atoms with Crippen LogP contribution in [-0.4, -0.2) is 32.6 Å². The van der Waals surface area contributed by atoms with Gasteiger partial charge in [0.1, 0.15) is 0 Å². The Bertz CT molecular complexity index is 922. The maximum absolute atomic E-state index is 12.2. The van der Waals surface area contributed by atoms with Crippen LogP contribution in [0.25, 0.3) is 0 Å². The molecule has 1 aromatic heterocycles. The average Bonchev–Trinajstić information content (AvgIpc) is 3.33. The SMILES string of the molecule is CN=C(NCc1ccc(S(=O)(=O)NC2CC2)cc1)NCc1cc(C(C)C)no1.I. The lowest BCUT2D eigenvalue weighted by Gasteiger charge is -2.11. The molecular weight excluding hydrogens is 505 g/mol. The number of nitrogens with one attached hydrogen (secondary N) is 3. The second kappa shape index (κ2) is 10.4. The van der Waals surface area contributed by atoms with Crippen LogP contribution >= 0.6 is 24.0 Å². The van der Waals surface area contributed by atoms with Crippen LogP contribution in [0.1, 0.15) is 49.6 Å². The van der Waals surface area contributed by atoms with Crippen molar-refractivity contribution in [3.05, 3.63) is 47.3 Å². The lowest BCUT2D eigenvalue weighted by molar-refractivity contribution is 0.372. The van der Waals surface area contributed by atoms with Gasteiger partial charge in [-0.05, 0) is 36.5 Å². The van der Waals surface area contributed by atoms with Crippen LogP contribution in [0.15, 0.2) is 44.7 Å². The summed E-state index contributed by atoms with van der Waals surface area (Å²) >= 11 is 0. The van der Waals surface area contributed by atoms with Gasteiger partial charge in [-0.2, -0.15) is 0 Å². The van der Waals surface area contributed by atoms with Crippen LogP contribution in [0.2, 0.25) is 0 Å². The van der Waals surface area contributed by atoms with Gasteiger partial charge < -0.3 is 15.2 Å². The van der Waals surface area contributed by atoms with Crippen molar-refractivity contribution in [1.29, 1.82) is 0 Å². The minimum atomic E-state index is -3.42. The number of nitrogens with zero attached hydrogens (tertiary/aromatic N) is 2. The molecule has 3 rings (SSSR count). The predicted octanol–water partition coefficient (Wildman–Crippen LogP) is 2.72. The van der Waals surface area contributed by atoms with Gasteiger partial charge in [0.15, 0.2) is 11.7 Å². The van der Waals surface area contributed by atoms with Crippen molar-refractivity contribution in [3.8, 4) is 0 Å². The number of aromatic nitrogens is 1. The number of halogens is 1. The highest BCUT2D eigenvalue weighted by atomic mass is 127. The molecular formula is C19H28IN5O3S. The smallest absolute Gasteiger partial charge is 0.240 e. The fourth-order valence-corrected chi connectivity index (χ4v) is 3.84. The van der Waals surface area contributed by atoms with Crippen LogP contribution in [0, 0.1) is 0 Å². The number of rotatable bonds is 8. The molecule has 0 amide bonds. The summed E-state index contributed by atoms with van der Waals surface area (Å²) in [4.78, 5) is 4.47. The first kappa shape index (κ1) is 23.6. The Labute approximate surface area is 189 Å². The van der Waals surface area contributed by atoms with E-state index in [0.29, 0.717) is 25.0 Å². The molecule has 2 aromatic rings. The predicted molar refractivity (Wildman–Crippen MR) is 123 cm³/mol. The van der Waals surface area contributed by atoms with Gasteiger partial charge in [0.25, 0.3) is 0 Å². The fourth-order valence-electron chi connectivity index (χ4n) is 2.54. The van der Waals surface area contributed by atoms with Gasteiger partial charge in [0.05, 0.1) is 17.1 Å². The summed E-state index contributed by atoms with van der Waals surface area (Å²) in [6.45, 7) is 5.12. The number of benzene rings is 1. The second-order valence-corrected chi connectivity index (χ2v) is 8.91. The van der Waals surface area contributed by atoms with Gasteiger partial charge in [0.2, 0.25) is 10.0 Å². The van der Waals surface area contributed by atoms with Gasteiger partial charge in [-0.15, -0.1) is 24.0 Å². The molecule has 1 fully saturated rings. The van der Waals surface area contributed by atoms with E-state index in [9.17, 15) is 8.42 Å². The van der Waals surface area contributed by atoms with E-state index < -0.39 is 10.0 Å². The summed E-state index contributed by atoms with van der Waals surface area (Å²) in [5.74, 6) is 1.68. The normalized spacial score (nSPS) is 14.6. The first-order chi connectivity index (χ1) is 13.4. The summed E-state index contributed by atoms with van der Waals surface area (Å²) in [5, 5.41) is 10.4. The minimum absolute atomic E-state index is 0. The summed E-state index contributed by atoms with van der Waals surface area (Å²) in [6.07, 6.45) is 1.83. The zero-order chi connectivity index (χ0) is 20.1. The monoisotopic (exact) mass is 533 g/mol. The number of guanidine groups is 1. The molecule has 1 aromatic carbocycles. The molecule has 1 heterocycles. The lowest BCUT2D eigenvalue weighted by Crippen LogP contribution is -2.36. The van der Waals surface area contributed by atoms with Crippen molar-refractivity contribution in [2.45, 2.75) is 56.6 Å². The minimum Gasteiger partial charge on any atom is -0.359 e. The third kappa shape index (κ3) is 6.96. The summed E-state index contributed by atoms with van der Waals surface area (Å²) in [5.41, 5.74) is 1.88. The van der Waals surface area contributed by atoms with Crippen molar-refractivity contribution in [2.24, 2.45) is 4.99 Å². The maximum Gasteiger partial charge on any atom is 0.240 e. The van der Waals surface area contributed by atoms with E-state index in [1.165, 1.54) is 0 Å². The highest BCUT2D eigenvalue weighted by Crippen LogP contribution is 2.22. The number of hydrogen-bond donors (Lipinski definition) is 3. The van der Waals surface area contributed by atoms with E-state index in [0.717, 1.165) is 29.9 Å². The first-order valence-electron chi connectivity index (χ1n) is 9.38. The Morgan fingerprint density at radius 2 is 1.86 bits per heavy atom. The molecule has 10 heteroatoms. The lowest BCUT2D eigenvalue weighted by atomic mass is 10.1. The molecule has 0 bridgehead atoms. The van der Waals surface area contributed by atoms with Crippen molar-refractivity contribution < 1.29 is 12.9 Å². The average molecular weight is 533 g/mol. The Hall–Kier alpha value is -1.66.